The molecule has 1 atom stereocenters. The smallest absolute Gasteiger partial charge is 0.326 e. The molecule has 26 heavy (non-hydrogen) atoms. The minimum absolute atomic E-state index is 0.0411. The van der Waals surface area contributed by atoms with Gasteiger partial charge in [-0.25, -0.2) is 9.37 Å². The Labute approximate surface area is 147 Å². The van der Waals surface area contributed by atoms with Crippen LogP contribution in [0.4, 0.5) is 8.87 Å². The zero-order chi connectivity index (χ0) is 18.5. The summed E-state index contributed by atoms with van der Waals surface area (Å²) in [6.45, 7) is -0.608. The number of ether oxygens (including phenoxy) is 1. The molecule has 3 rings (SSSR count). The molecule has 0 aliphatic rings. The monoisotopic (exact) mass is 359 g/mol. The van der Waals surface area contributed by atoms with Gasteiger partial charge in [0.2, 0.25) is 5.78 Å². The van der Waals surface area contributed by atoms with E-state index >= 15 is 0 Å². The van der Waals surface area contributed by atoms with Crippen molar-refractivity contribution in [2.75, 3.05) is 6.61 Å². The van der Waals surface area contributed by atoms with E-state index in [9.17, 15) is 18.5 Å². The minimum atomic E-state index is -1.26. The van der Waals surface area contributed by atoms with Gasteiger partial charge in [0.1, 0.15) is 17.6 Å². The van der Waals surface area contributed by atoms with Gasteiger partial charge in [-0.15, -0.1) is 10.0 Å². The van der Waals surface area contributed by atoms with Crippen molar-refractivity contribution in [3.63, 3.8) is 0 Å². The summed E-state index contributed by atoms with van der Waals surface area (Å²) >= 11 is 0. The number of aromatic nitrogens is 2. The molecule has 0 unspecified atom stereocenters. The van der Waals surface area contributed by atoms with Gasteiger partial charge in [-0.3, -0.25) is 9.59 Å². The lowest BCUT2D eigenvalue weighted by atomic mass is 10.1. The molecule has 0 fully saturated rings. The summed E-state index contributed by atoms with van der Waals surface area (Å²) in [4.78, 5) is 30.6. The van der Waals surface area contributed by atoms with E-state index in [1.165, 1.54) is 11.6 Å². The summed E-state index contributed by atoms with van der Waals surface area (Å²) in [6.07, 6.45) is 2.62. The van der Waals surface area contributed by atoms with Crippen molar-refractivity contribution in [1.82, 2.24) is 15.5 Å². The number of aromatic amines is 1. The Balaban J connectivity index is 1.62. The highest BCUT2D eigenvalue weighted by Crippen LogP contribution is 2.19. The summed E-state index contributed by atoms with van der Waals surface area (Å²) in [7, 11) is 0. The number of pyridine rings is 1. The van der Waals surface area contributed by atoms with Crippen LogP contribution >= 0.6 is 0 Å². The number of rotatable bonds is 7. The topological polar surface area (TPSA) is 84.1 Å². The molecule has 134 valence electrons. The number of fused-ring (bicyclic) bond motifs is 1. The van der Waals surface area contributed by atoms with Crippen LogP contribution < -0.4 is 5.54 Å². The van der Waals surface area contributed by atoms with Crippen molar-refractivity contribution < 1.29 is 23.2 Å². The molecule has 2 aromatic heterocycles. The number of hydrogen-bond donors (Lipinski definition) is 2. The number of hydrogen-bond acceptors (Lipinski definition) is 5. The third-order valence-corrected chi connectivity index (χ3v) is 3.87. The maximum absolute atomic E-state index is 13.1. The van der Waals surface area contributed by atoms with Crippen molar-refractivity contribution in [1.29, 1.82) is 0 Å². The Hall–Kier alpha value is -3.13. The molecule has 0 saturated heterocycles. The van der Waals surface area contributed by atoms with E-state index in [-0.39, 0.29) is 12.1 Å². The van der Waals surface area contributed by atoms with Crippen LogP contribution in [-0.2, 0) is 16.0 Å². The second kappa shape index (κ2) is 7.83. The van der Waals surface area contributed by atoms with Crippen molar-refractivity contribution in [3.05, 3.63) is 65.9 Å². The molecule has 2 N–H and O–H groups in total. The van der Waals surface area contributed by atoms with Gasteiger partial charge < -0.3 is 9.72 Å². The van der Waals surface area contributed by atoms with Gasteiger partial charge in [0.05, 0.1) is 6.20 Å². The van der Waals surface area contributed by atoms with Crippen molar-refractivity contribution in [3.8, 4) is 0 Å². The van der Waals surface area contributed by atoms with Crippen LogP contribution in [-0.4, -0.2) is 34.4 Å². The number of ketones is 1. The van der Waals surface area contributed by atoms with Gasteiger partial charge in [0, 0.05) is 23.5 Å². The molecule has 0 spiro atoms. The number of Topliss-reactive ketones (excluding diaryl/α,β-unsaturated/α-hetero) is 1. The molecular formula is C18H15F2N3O3. The lowest BCUT2D eigenvalue weighted by Crippen LogP contribution is -2.36. The molecule has 0 saturated carbocycles. The van der Waals surface area contributed by atoms with Gasteiger partial charge in [0.15, 0.2) is 6.61 Å². The first-order valence-corrected chi connectivity index (χ1v) is 7.81. The number of H-pyrrole nitrogens is 1. The quantitative estimate of drug-likeness (QED) is 0.385. The van der Waals surface area contributed by atoms with E-state index < -0.39 is 30.2 Å². The molecule has 0 aliphatic carbocycles. The van der Waals surface area contributed by atoms with E-state index in [0.717, 1.165) is 28.7 Å². The fourth-order valence-corrected chi connectivity index (χ4v) is 2.54. The van der Waals surface area contributed by atoms with Gasteiger partial charge in [-0.2, -0.15) is 0 Å². The van der Waals surface area contributed by atoms with E-state index in [4.69, 9.17) is 4.74 Å². The number of carbonyl (C=O) groups is 2. The van der Waals surface area contributed by atoms with Gasteiger partial charge in [0.25, 0.3) is 0 Å². The van der Waals surface area contributed by atoms with Crippen molar-refractivity contribution in [2.45, 2.75) is 12.5 Å². The molecule has 3 aromatic rings. The maximum atomic E-state index is 13.1. The van der Waals surface area contributed by atoms with Crippen LogP contribution in [0.2, 0.25) is 0 Å². The first kappa shape index (κ1) is 17.7. The summed E-state index contributed by atoms with van der Waals surface area (Å²) in [5.41, 5.74) is 2.97. The first-order valence-electron chi connectivity index (χ1n) is 7.81. The predicted molar refractivity (Wildman–Crippen MR) is 89.5 cm³/mol. The zero-order valence-corrected chi connectivity index (χ0v) is 13.5. The highest BCUT2D eigenvalue weighted by Gasteiger charge is 2.23. The van der Waals surface area contributed by atoms with Gasteiger partial charge in [-0.05, 0) is 23.8 Å². The number of esters is 1. The minimum Gasteiger partial charge on any atom is -0.456 e. The third kappa shape index (κ3) is 3.92. The van der Waals surface area contributed by atoms with Crippen molar-refractivity contribution >= 4 is 22.7 Å². The highest BCUT2D eigenvalue weighted by molar-refractivity contribution is 5.96. The van der Waals surface area contributed by atoms with E-state index in [1.807, 2.05) is 24.3 Å². The van der Waals surface area contributed by atoms with Crippen LogP contribution in [0.15, 0.2) is 48.8 Å². The summed E-state index contributed by atoms with van der Waals surface area (Å²) in [6, 6.07) is 8.41. The molecular weight excluding hydrogens is 344 g/mol. The number of halogens is 2. The summed E-state index contributed by atoms with van der Waals surface area (Å²) < 4.78 is 30.8. The highest BCUT2D eigenvalue weighted by atomic mass is 19.2. The zero-order valence-electron chi connectivity index (χ0n) is 13.5. The van der Waals surface area contributed by atoms with Gasteiger partial charge in [-0.1, -0.05) is 18.2 Å². The fraction of sp³-hybridized carbons (Fsp3) is 0.167. The van der Waals surface area contributed by atoms with E-state index in [1.54, 1.807) is 6.20 Å². The van der Waals surface area contributed by atoms with Crippen LogP contribution in [0.3, 0.4) is 0 Å². The second-order valence-electron chi connectivity index (χ2n) is 5.62. The Kier molecular flexibility index (Phi) is 5.33. The normalized spacial score (nSPS) is 12.1. The molecule has 0 bridgehead atoms. The standard InChI is InChI=1S/C18H15F2N3O3/c19-12-5-6-15(22-9-12)17(24)10-26-18(25)16(23-20)7-11-8-21-14-4-2-1-3-13(11)14/h1-6,8-9,16,21,23H,7,10H2/t16-/m0/s1. The SMILES string of the molecule is O=C(COC(=O)[C@H](Cc1c[nH]c2ccccc12)NF)c1ccc(F)cn1. The predicted octanol–water partition coefficient (Wildman–Crippen LogP) is 2.51. The number of para-hydroxylation sites is 1. The molecule has 8 heteroatoms. The Bertz CT molecular complexity index is 925. The number of carbonyl (C=O) groups excluding carboxylic acids is 2. The average molecular weight is 359 g/mol. The largest absolute Gasteiger partial charge is 0.456 e. The van der Waals surface area contributed by atoms with E-state index in [0.29, 0.717) is 0 Å². The maximum Gasteiger partial charge on any atom is 0.326 e. The number of nitrogens with zero attached hydrogens (tertiary/aromatic N) is 1. The molecule has 0 aliphatic heterocycles. The van der Waals surface area contributed by atoms with Crippen LogP contribution in [0, 0.1) is 5.82 Å². The number of benzene rings is 1. The lowest BCUT2D eigenvalue weighted by Gasteiger charge is -2.12. The second-order valence-corrected chi connectivity index (χ2v) is 5.62. The van der Waals surface area contributed by atoms with Gasteiger partial charge >= 0.3 is 5.97 Å². The molecule has 1 aromatic carbocycles. The van der Waals surface area contributed by atoms with Crippen LogP contribution in [0.25, 0.3) is 10.9 Å². The van der Waals surface area contributed by atoms with Crippen molar-refractivity contribution in [2.24, 2.45) is 0 Å². The Morgan fingerprint density at radius 2 is 2.04 bits per heavy atom. The molecule has 2 heterocycles. The average Bonchev–Trinajstić information content (AvgIpc) is 3.07. The van der Waals surface area contributed by atoms with Crippen LogP contribution in [0.5, 0.6) is 0 Å². The molecule has 0 amide bonds. The third-order valence-electron chi connectivity index (χ3n) is 3.87. The van der Waals surface area contributed by atoms with E-state index in [2.05, 4.69) is 9.97 Å². The summed E-state index contributed by atoms with van der Waals surface area (Å²) in [5.74, 6) is -2.10. The Morgan fingerprint density at radius 3 is 2.77 bits per heavy atom. The Morgan fingerprint density at radius 1 is 1.23 bits per heavy atom. The first-order chi connectivity index (χ1) is 12.6. The molecule has 6 nitrogen and oxygen atoms in total. The summed E-state index contributed by atoms with van der Waals surface area (Å²) in [5, 5.41) is 0.868. The lowest BCUT2D eigenvalue weighted by molar-refractivity contribution is -0.146. The fourth-order valence-electron chi connectivity index (χ4n) is 2.54. The molecule has 0 radical (unpaired) electrons. The van der Waals surface area contributed by atoms with Crippen LogP contribution in [0.1, 0.15) is 16.1 Å². The number of nitrogens with one attached hydrogen (secondary N) is 2.